The maximum Gasteiger partial charge on any atom is 0.430 e. The number of benzene rings is 4. The number of aryl methyl sites for hydroxylation is 3. The molecule has 2 heterocycles. The monoisotopic (exact) mass is 982 g/mol. The summed E-state index contributed by atoms with van der Waals surface area (Å²) in [7, 11) is 0.848. The van der Waals surface area contributed by atoms with Gasteiger partial charge in [0.2, 0.25) is 5.41 Å². The lowest BCUT2D eigenvalue weighted by molar-refractivity contribution is -0.376. The zero-order valence-electron chi connectivity index (χ0n) is 33.5. The Balaban J connectivity index is 1.64. The van der Waals surface area contributed by atoms with E-state index in [1.807, 2.05) is 0 Å². The quantitative estimate of drug-likeness (QED) is 0.147. The summed E-state index contributed by atoms with van der Waals surface area (Å²) in [6.45, 7) is 2.23. The predicted molar refractivity (Wildman–Crippen MR) is 191 cm³/mol. The van der Waals surface area contributed by atoms with Crippen LogP contribution in [-0.2, 0) is 16.6 Å². The number of hydrogen-bond donors (Lipinski definition) is 2. The van der Waals surface area contributed by atoms with Gasteiger partial charge in [-0.3, -0.25) is 24.1 Å². The van der Waals surface area contributed by atoms with Crippen LogP contribution in [0.1, 0.15) is 80.4 Å². The maximum atomic E-state index is 15.2. The average Bonchev–Trinajstić information content (AvgIpc) is 3.53. The lowest BCUT2D eigenvalue weighted by Gasteiger charge is -2.38. The molecule has 67 heavy (non-hydrogen) atoms. The number of alkyl halides is 18. The van der Waals surface area contributed by atoms with Crippen molar-refractivity contribution in [3.63, 3.8) is 0 Å². The number of amides is 4. The fourth-order valence-corrected chi connectivity index (χ4v) is 8.19. The number of rotatable bonds is 6. The van der Waals surface area contributed by atoms with E-state index in [2.05, 4.69) is 0 Å². The van der Waals surface area contributed by atoms with E-state index < -0.39 is 160 Å². The third-order valence-corrected chi connectivity index (χ3v) is 11.6. The van der Waals surface area contributed by atoms with E-state index in [9.17, 15) is 82.1 Å². The molecule has 8 nitrogen and oxygen atoms in total. The van der Waals surface area contributed by atoms with Crippen LogP contribution in [0.15, 0.2) is 60.7 Å². The summed E-state index contributed by atoms with van der Waals surface area (Å²) >= 11 is 0. The Bertz CT molecular complexity index is 2760. The van der Waals surface area contributed by atoms with Gasteiger partial charge in [-0.2, -0.15) is 79.0 Å². The van der Waals surface area contributed by atoms with Crippen molar-refractivity contribution >= 4 is 29.3 Å². The van der Waals surface area contributed by atoms with Crippen molar-refractivity contribution in [3.05, 3.63) is 122 Å². The molecule has 0 bridgehead atoms. The summed E-state index contributed by atoms with van der Waals surface area (Å²) in [5.74, 6) is -6.72. The fourth-order valence-electron chi connectivity index (χ4n) is 8.19. The molecule has 0 saturated carbocycles. The highest BCUT2D eigenvalue weighted by Crippen LogP contribution is 2.59. The van der Waals surface area contributed by atoms with E-state index in [1.54, 1.807) is 0 Å². The lowest BCUT2D eigenvalue weighted by Crippen LogP contribution is -2.55. The second kappa shape index (κ2) is 14.9. The first-order valence-corrected chi connectivity index (χ1v) is 18.3. The first kappa shape index (κ1) is 50.2. The Kier molecular flexibility index (Phi) is 11.2. The van der Waals surface area contributed by atoms with Crippen molar-refractivity contribution in [2.45, 2.75) is 74.4 Å². The molecule has 0 radical (unpaired) electrons. The van der Waals surface area contributed by atoms with Crippen LogP contribution in [0.5, 0.6) is 0 Å². The molecule has 0 saturated heterocycles. The summed E-state index contributed by atoms with van der Waals surface area (Å²) in [5.41, 5.74) is -36.4. The smallest absolute Gasteiger partial charge is 0.369 e. The number of hydrogen-bond acceptors (Lipinski definition) is 6. The van der Waals surface area contributed by atoms with Gasteiger partial charge in [-0.1, -0.05) is 18.2 Å². The number of halogens is 18. The number of anilines is 1. The minimum absolute atomic E-state index is 0.0291. The predicted octanol–water partition coefficient (Wildman–Crippen LogP) is 10.3. The lowest BCUT2D eigenvalue weighted by atomic mass is 9.71. The topological polar surface area (TPSA) is 115 Å². The Morgan fingerprint density at radius 1 is 0.388 bits per heavy atom. The third kappa shape index (κ3) is 6.93. The first-order valence-electron chi connectivity index (χ1n) is 18.3. The molecule has 2 N–H and O–H groups in total. The Hall–Kier alpha value is -6.18. The van der Waals surface area contributed by atoms with Crippen LogP contribution in [0.2, 0.25) is 0 Å². The molecule has 0 atom stereocenters. The van der Waals surface area contributed by atoms with Crippen LogP contribution in [0.3, 0.4) is 0 Å². The summed E-state index contributed by atoms with van der Waals surface area (Å²) in [6, 6.07) is 0.741. The Morgan fingerprint density at radius 3 is 1.15 bits per heavy atom. The van der Waals surface area contributed by atoms with Gasteiger partial charge in [0.25, 0.3) is 34.8 Å². The number of carbonyl (C=O) groups excluding carboxylic acids is 4. The molecule has 360 valence electrons. The first-order chi connectivity index (χ1) is 30.1. The molecule has 2 aliphatic heterocycles. The minimum Gasteiger partial charge on any atom is -0.369 e. The fraction of sp³-hybridized carbons (Fsp3) is 0.317. The molecule has 4 amide bonds. The summed E-state index contributed by atoms with van der Waals surface area (Å²) < 4.78 is 263. The molecule has 0 unspecified atom stereocenters. The van der Waals surface area contributed by atoms with Crippen LogP contribution in [-0.4, -0.2) is 82.8 Å². The van der Waals surface area contributed by atoms with Gasteiger partial charge in [0.1, 0.15) is 0 Å². The number of aliphatic hydroxyl groups is 2. The van der Waals surface area contributed by atoms with E-state index >= 15 is 26.3 Å². The van der Waals surface area contributed by atoms with Crippen molar-refractivity contribution < 1.29 is 108 Å². The van der Waals surface area contributed by atoms with E-state index in [1.165, 1.54) is 0 Å². The summed E-state index contributed by atoms with van der Waals surface area (Å²) in [5, 5.41) is 20.9. The number of carbonyl (C=O) groups is 4. The third-order valence-electron chi connectivity index (χ3n) is 11.6. The van der Waals surface area contributed by atoms with Gasteiger partial charge < -0.3 is 10.2 Å². The van der Waals surface area contributed by atoms with Crippen LogP contribution in [0, 0.1) is 20.8 Å². The van der Waals surface area contributed by atoms with E-state index in [0.717, 1.165) is 14.0 Å². The van der Waals surface area contributed by atoms with Crippen molar-refractivity contribution in [3.8, 4) is 11.1 Å². The van der Waals surface area contributed by atoms with Gasteiger partial charge in [0.05, 0.1) is 27.9 Å². The molecule has 0 aromatic heterocycles. The van der Waals surface area contributed by atoms with Gasteiger partial charge in [0, 0.05) is 18.2 Å². The van der Waals surface area contributed by atoms with Gasteiger partial charge in [-0.15, -0.1) is 0 Å². The van der Waals surface area contributed by atoms with Gasteiger partial charge >= 0.3 is 37.1 Å². The van der Waals surface area contributed by atoms with Crippen LogP contribution in [0.25, 0.3) is 11.1 Å². The highest BCUT2D eigenvalue weighted by atomic mass is 19.4. The molecular formula is C41H24F18N2O6. The normalized spacial score (nSPS) is 15.8. The van der Waals surface area contributed by atoms with E-state index in [-0.39, 0.29) is 48.5 Å². The minimum atomic E-state index is -6.96. The van der Waals surface area contributed by atoms with Gasteiger partial charge in [-0.05, 0) is 102 Å². The van der Waals surface area contributed by atoms with Crippen LogP contribution >= 0.6 is 0 Å². The average molecular weight is 983 g/mol. The van der Waals surface area contributed by atoms with Crippen molar-refractivity contribution in [2.24, 2.45) is 0 Å². The maximum absolute atomic E-state index is 15.2. The molecule has 26 heteroatoms. The molecule has 2 aliphatic rings. The van der Waals surface area contributed by atoms with Crippen molar-refractivity contribution in [2.75, 3.05) is 11.9 Å². The molecule has 6 rings (SSSR count). The highest BCUT2D eigenvalue weighted by Gasteiger charge is 2.75. The molecule has 0 spiro atoms. The van der Waals surface area contributed by atoms with E-state index in [0.29, 0.717) is 30.9 Å². The van der Waals surface area contributed by atoms with Crippen molar-refractivity contribution in [1.29, 1.82) is 0 Å². The second-order valence-corrected chi connectivity index (χ2v) is 15.5. The van der Waals surface area contributed by atoms with Crippen LogP contribution in [0.4, 0.5) is 84.7 Å². The number of nitrogens with zero attached hydrogens (tertiary/aromatic N) is 2. The largest absolute Gasteiger partial charge is 0.430 e. The Labute approximate surface area is 362 Å². The Morgan fingerprint density at radius 2 is 0.731 bits per heavy atom. The summed E-state index contributed by atoms with van der Waals surface area (Å²) in [4.78, 5) is 52.6. The zero-order chi connectivity index (χ0) is 51.1. The molecule has 4 aromatic carbocycles. The molecule has 0 fully saturated rings. The zero-order valence-corrected chi connectivity index (χ0v) is 33.5. The van der Waals surface area contributed by atoms with Gasteiger partial charge in [-0.25, -0.2) is 4.90 Å². The van der Waals surface area contributed by atoms with Crippen molar-refractivity contribution in [1.82, 2.24) is 4.90 Å². The van der Waals surface area contributed by atoms with Gasteiger partial charge in [0.15, 0.2) is 0 Å². The number of imide groups is 2. The second-order valence-electron chi connectivity index (χ2n) is 15.5. The molecule has 0 aliphatic carbocycles. The summed E-state index contributed by atoms with van der Waals surface area (Å²) in [6.07, 6.45) is -40.1. The van der Waals surface area contributed by atoms with E-state index in [4.69, 9.17) is 0 Å². The SMILES string of the molecule is Cc1cc(C)c(C(O)(C(F)(F)F)C(F)(F)F)cc1-c1cc(C(O)(C(F)(F)F)C(F)(F)F)c(N2C(=O)c3ccc(C(c4ccc5c(c4)C(=O)N(C)C5=O)(C(F)(F)F)C(F)(F)F)cc3C2=O)cc1C. The molecular weight excluding hydrogens is 958 g/mol. The highest BCUT2D eigenvalue weighted by molar-refractivity contribution is 6.35. The standard InChI is InChI=1S/C41H24F18N2O6/c1-15-9-17(3)26(34(66,38(48,49)50)39(51,52)53)13-22(15)23-14-27(35(67,40(54,55)56)41(57,58)59)28(10-16(23)2)61-31(64)21-8-6-19(12-25(21)32(61)65)33(36(42,43)44,37(45,46)47)18-5-7-20-24(11-18)30(63)60(4)29(20)62/h5-14,66-67H,1-4H3. The molecule has 4 aromatic rings. The number of fused-ring (bicyclic) bond motifs is 2. The van der Waals surface area contributed by atoms with Crippen LogP contribution < -0.4 is 4.90 Å².